The number of nitrogens with zero attached hydrogens (tertiary/aromatic N) is 1. The summed E-state index contributed by atoms with van der Waals surface area (Å²) in [5.74, 6) is -2.39. The van der Waals surface area contributed by atoms with Crippen LogP contribution in [-0.2, 0) is 24.3 Å². The molecule has 1 aliphatic heterocycles. The Kier molecular flexibility index (Phi) is 7.22. The van der Waals surface area contributed by atoms with Crippen molar-refractivity contribution in [3.8, 4) is 0 Å². The minimum Gasteiger partial charge on any atom is -0.451 e. The van der Waals surface area contributed by atoms with E-state index in [0.717, 1.165) is 26.8 Å². The molecule has 1 aliphatic rings. The third kappa shape index (κ3) is 5.24. The summed E-state index contributed by atoms with van der Waals surface area (Å²) in [6, 6.07) is 4.78. The zero-order valence-corrected chi connectivity index (χ0v) is 19.9. The van der Waals surface area contributed by atoms with E-state index in [1.54, 1.807) is 18.4 Å². The Balaban J connectivity index is 1.74. The van der Waals surface area contributed by atoms with E-state index >= 15 is 0 Å². The molecule has 3 atom stereocenters. The monoisotopic (exact) mass is 495 g/mol. The number of rotatable bonds is 7. The van der Waals surface area contributed by atoms with Crippen molar-refractivity contribution in [1.82, 2.24) is 4.31 Å². The Morgan fingerprint density at radius 1 is 1.24 bits per heavy atom. The van der Waals surface area contributed by atoms with Gasteiger partial charge in [0, 0.05) is 13.0 Å². The smallest absolute Gasteiger partial charge is 0.325 e. The van der Waals surface area contributed by atoms with Gasteiger partial charge in [-0.1, -0.05) is 6.07 Å². The van der Waals surface area contributed by atoms with Gasteiger partial charge in [-0.2, -0.15) is 4.31 Å². The average Bonchev–Trinajstić information content (AvgIpc) is 3.36. The van der Waals surface area contributed by atoms with E-state index in [2.05, 4.69) is 5.32 Å². The first kappa shape index (κ1) is 24.8. The molecule has 178 valence electrons. The fourth-order valence-electron chi connectivity index (χ4n) is 3.39. The SMILES string of the molecule is Cc1ccc(S(=O)(=O)N2CC(O)C[C@H]2C(=O)OC(C)C(=O)Nc2sccc2C(N)=O)cc1C. The van der Waals surface area contributed by atoms with Crippen molar-refractivity contribution in [2.45, 2.75) is 50.3 Å². The summed E-state index contributed by atoms with van der Waals surface area (Å²) in [6.45, 7) is 4.67. The van der Waals surface area contributed by atoms with Crippen LogP contribution in [0.25, 0.3) is 0 Å². The van der Waals surface area contributed by atoms with E-state index in [1.165, 1.54) is 25.1 Å². The first-order valence-electron chi connectivity index (χ1n) is 10.1. The van der Waals surface area contributed by atoms with Crippen molar-refractivity contribution in [2.24, 2.45) is 5.73 Å². The fraction of sp³-hybridized carbons (Fsp3) is 0.381. The quantitative estimate of drug-likeness (QED) is 0.487. The number of anilines is 1. The van der Waals surface area contributed by atoms with Crippen molar-refractivity contribution >= 4 is 44.1 Å². The lowest BCUT2D eigenvalue weighted by Gasteiger charge is -2.24. The van der Waals surface area contributed by atoms with Crippen LogP contribution < -0.4 is 11.1 Å². The number of nitrogens with one attached hydrogen (secondary N) is 1. The van der Waals surface area contributed by atoms with E-state index < -0.39 is 46.1 Å². The molecular weight excluding hydrogens is 470 g/mol. The number of aliphatic hydroxyl groups is 1. The van der Waals surface area contributed by atoms with Crippen LogP contribution in [0, 0.1) is 13.8 Å². The molecule has 0 saturated carbocycles. The number of amides is 2. The van der Waals surface area contributed by atoms with Gasteiger partial charge in [-0.3, -0.25) is 14.4 Å². The lowest BCUT2D eigenvalue weighted by atomic mass is 10.1. The van der Waals surface area contributed by atoms with Crippen molar-refractivity contribution in [3.63, 3.8) is 0 Å². The summed E-state index contributed by atoms with van der Waals surface area (Å²) >= 11 is 1.08. The molecule has 33 heavy (non-hydrogen) atoms. The maximum atomic E-state index is 13.2. The van der Waals surface area contributed by atoms with Gasteiger partial charge in [0.05, 0.1) is 16.6 Å². The number of benzene rings is 1. The highest BCUT2D eigenvalue weighted by molar-refractivity contribution is 7.89. The number of hydrogen-bond donors (Lipinski definition) is 3. The summed E-state index contributed by atoms with van der Waals surface area (Å²) in [6.07, 6.45) is -2.50. The summed E-state index contributed by atoms with van der Waals surface area (Å²) in [4.78, 5) is 36.7. The number of primary amides is 1. The molecule has 0 bridgehead atoms. The number of ether oxygens (including phenoxy) is 1. The van der Waals surface area contributed by atoms with Crippen LogP contribution in [0.15, 0.2) is 34.5 Å². The Labute approximate surface area is 195 Å². The molecule has 2 unspecified atom stereocenters. The molecule has 0 spiro atoms. The molecule has 1 fully saturated rings. The number of carbonyl (C=O) groups excluding carboxylic acids is 3. The predicted octanol–water partition coefficient (Wildman–Crippen LogP) is 1.16. The Hall–Kier alpha value is -2.80. The molecule has 2 amide bonds. The van der Waals surface area contributed by atoms with E-state index in [1.807, 2.05) is 6.92 Å². The van der Waals surface area contributed by atoms with Crippen molar-refractivity contribution in [3.05, 3.63) is 46.3 Å². The van der Waals surface area contributed by atoms with Crippen LogP contribution in [-0.4, -0.2) is 60.4 Å². The second-order valence-corrected chi connectivity index (χ2v) is 10.6. The lowest BCUT2D eigenvalue weighted by molar-refractivity contribution is -0.156. The zero-order chi connectivity index (χ0) is 24.5. The Morgan fingerprint density at radius 2 is 1.94 bits per heavy atom. The number of hydrogen-bond acceptors (Lipinski definition) is 8. The average molecular weight is 496 g/mol. The van der Waals surface area contributed by atoms with Crippen LogP contribution >= 0.6 is 11.3 Å². The summed E-state index contributed by atoms with van der Waals surface area (Å²) in [5.41, 5.74) is 7.06. The van der Waals surface area contributed by atoms with Crippen LogP contribution in [0.4, 0.5) is 5.00 Å². The normalized spacial score (nSPS) is 19.8. The fourth-order valence-corrected chi connectivity index (χ4v) is 5.90. The molecule has 1 aromatic carbocycles. The first-order valence-corrected chi connectivity index (χ1v) is 12.4. The van der Waals surface area contributed by atoms with Crippen LogP contribution in [0.3, 0.4) is 0 Å². The van der Waals surface area contributed by atoms with Gasteiger partial charge in [-0.15, -0.1) is 11.3 Å². The molecule has 3 rings (SSSR count). The van der Waals surface area contributed by atoms with Gasteiger partial charge in [0.1, 0.15) is 11.0 Å². The molecule has 4 N–H and O–H groups in total. The molecule has 0 aliphatic carbocycles. The Bertz CT molecular complexity index is 1190. The van der Waals surface area contributed by atoms with Gasteiger partial charge in [0.2, 0.25) is 10.0 Å². The van der Waals surface area contributed by atoms with Crippen LogP contribution in [0.2, 0.25) is 0 Å². The highest BCUT2D eigenvalue weighted by atomic mass is 32.2. The van der Waals surface area contributed by atoms with E-state index in [9.17, 15) is 27.9 Å². The molecule has 1 saturated heterocycles. The van der Waals surface area contributed by atoms with Crippen molar-refractivity contribution < 1.29 is 32.6 Å². The number of sulfonamides is 1. The minimum absolute atomic E-state index is 0.0000296. The molecule has 12 heteroatoms. The van der Waals surface area contributed by atoms with Gasteiger partial charge in [0.15, 0.2) is 6.10 Å². The van der Waals surface area contributed by atoms with Crippen LogP contribution in [0.1, 0.15) is 34.8 Å². The standard InChI is InChI=1S/C21H25N3O7S2/c1-11-4-5-15(8-12(11)2)33(29,30)24-10-14(25)9-17(24)21(28)31-13(3)19(27)23-20-16(18(22)26)6-7-32-20/h4-8,13-14,17,25H,9-10H2,1-3H3,(H2,22,26)(H,23,27)/t13?,14?,17-/m0/s1. The number of thiophene rings is 1. The topological polar surface area (TPSA) is 156 Å². The highest BCUT2D eigenvalue weighted by Crippen LogP contribution is 2.29. The molecule has 2 aromatic rings. The molecular formula is C21H25N3O7S2. The second-order valence-electron chi connectivity index (χ2n) is 7.82. The van der Waals surface area contributed by atoms with Crippen LogP contribution in [0.5, 0.6) is 0 Å². The van der Waals surface area contributed by atoms with Gasteiger partial charge in [0.25, 0.3) is 11.8 Å². The maximum Gasteiger partial charge on any atom is 0.325 e. The number of aryl methyl sites for hydroxylation is 2. The third-order valence-corrected chi connectivity index (χ3v) is 8.12. The van der Waals surface area contributed by atoms with E-state index in [4.69, 9.17) is 10.5 Å². The first-order chi connectivity index (χ1) is 15.4. The zero-order valence-electron chi connectivity index (χ0n) is 18.3. The Morgan fingerprint density at radius 3 is 2.58 bits per heavy atom. The number of nitrogens with two attached hydrogens (primary N) is 1. The maximum absolute atomic E-state index is 13.2. The second kappa shape index (κ2) is 9.59. The van der Waals surface area contributed by atoms with Gasteiger partial charge >= 0.3 is 5.97 Å². The van der Waals surface area contributed by atoms with E-state index in [-0.39, 0.29) is 28.4 Å². The largest absolute Gasteiger partial charge is 0.451 e. The molecule has 0 radical (unpaired) electrons. The summed E-state index contributed by atoms with van der Waals surface area (Å²) in [7, 11) is -4.10. The van der Waals surface area contributed by atoms with Crippen molar-refractivity contribution in [2.75, 3.05) is 11.9 Å². The van der Waals surface area contributed by atoms with E-state index in [0.29, 0.717) is 0 Å². The third-order valence-electron chi connectivity index (χ3n) is 5.42. The lowest BCUT2D eigenvalue weighted by Crippen LogP contribution is -2.43. The number of esters is 1. The molecule has 1 aromatic heterocycles. The number of aliphatic hydroxyl groups excluding tert-OH is 1. The predicted molar refractivity (Wildman–Crippen MR) is 121 cm³/mol. The summed E-state index contributed by atoms with van der Waals surface area (Å²) < 4.78 is 32.5. The molecule has 10 nitrogen and oxygen atoms in total. The highest BCUT2D eigenvalue weighted by Gasteiger charge is 2.45. The number of carbonyl (C=O) groups is 3. The molecule has 2 heterocycles. The minimum atomic E-state index is -4.10. The number of β-amino-alcohol motifs (C(OH)–C–C–N with tert-alkyl or cyclic N) is 1. The van der Waals surface area contributed by atoms with Gasteiger partial charge in [-0.05, 0) is 55.5 Å². The van der Waals surface area contributed by atoms with Crippen molar-refractivity contribution in [1.29, 1.82) is 0 Å². The summed E-state index contributed by atoms with van der Waals surface area (Å²) in [5, 5.41) is 14.3. The van der Waals surface area contributed by atoms with Gasteiger partial charge < -0.3 is 20.9 Å². The van der Waals surface area contributed by atoms with Gasteiger partial charge in [-0.25, -0.2) is 8.42 Å².